The molecule has 2 rings (SSSR count). The highest BCUT2D eigenvalue weighted by molar-refractivity contribution is 7.92. The number of anilines is 2. The van der Waals surface area contributed by atoms with Gasteiger partial charge in [0.1, 0.15) is 6.54 Å². The van der Waals surface area contributed by atoms with E-state index in [0.717, 1.165) is 21.7 Å². The van der Waals surface area contributed by atoms with E-state index in [2.05, 4.69) is 5.32 Å². The van der Waals surface area contributed by atoms with E-state index in [1.54, 1.807) is 43.3 Å². The van der Waals surface area contributed by atoms with Crippen molar-refractivity contribution >= 4 is 38.9 Å². The van der Waals surface area contributed by atoms with Gasteiger partial charge in [0, 0.05) is 10.7 Å². The Labute approximate surface area is 147 Å². The van der Waals surface area contributed by atoms with Crippen LogP contribution in [0.5, 0.6) is 0 Å². The van der Waals surface area contributed by atoms with Crippen molar-refractivity contribution in [2.24, 2.45) is 0 Å². The maximum Gasteiger partial charge on any atom is 0.245 e. The SMILES string of the molecule is Cc1cc(Cl)ccc1NC(=O)CN(c1ccccc1C)S(C)(=O)=O. The minimum Gasteiger partial charge on any atom is -0.324 e. The van der Waals surface area contributed by atoms with Crippen LogP contribution in [0.3, 0.4) is 0 Å². The average Bonchev–Trinajstić information content (AvgIpc) is 2.47. The number of carbonyl (C=O) groups is 1. The fourth-order valence-electron chi connectivity index (χ4n) is 2.31. The molecule has 0 unspecified atom stereocenters. The van der Waals surface area contributed by atoms with E-state index in [1.165, 1.54) is 0 Å². The number of sulfonamides is 1. The number of halogens is 1. The summed E-state index contributed by atoms with van der Waals surface area (Å²) in [6, 6.07) is 12.1. The zero-order valence-electron chi connectivity index (χ0n) is 13.7. The Morgan fingerprint density at radius 2 is 1.79 bits per heavy atom. The molecule has 2 aromatic carbocycles. The van der Waals surface area contributed by atoms with Gasteiger partial charge in [-0.3, -0.25) is 9.10 Å². The van der Waals surface area contributed by atoms with Crippen LogP contribution in [-0.2, 0) is 14.8 Å². The third-order valence-corrected chi connectivity index (χ3v) is 4.90. The van der Waals surface area contributed by atoms with Gasteiger partial charge < -0.3 is 5.32 Å². The first-order chi connectivity index (χ1) is 11.2. The predicted octanol–water partition coefficient (Wildman–Crippen LogP) is 3.36. The summed E-state index contributed by atoms with van der Waals surface area (Å²) in [6.45, 7) is 3.32. The van der Waals surface area contributed by atoms with Gasteiger partial charge in [-0.05, 0) is 49.2 Å². The summed E-state index contributed by atoms with van der Waals surface area (Å²) < 4.78 is 25.3. The largest absolute Gasteiger partial charge is 0.324 e. The van der Waals surface area contributed by atoms with Crippen LogP contribution in [0.2, 0.25) is 5.02 Å². The number of amides is 1. The molecular weight excluding hydrogens is 348 g/mol. The van der Waals surface area contributed by atoms with E-state index in [1.807, 2.05) is 13.0 Å². The van der Waals surface area contributed by atoms with Gasteiger partial charge in [-0.1, -0.05) is 29.8 Å². The zero-order chi connectivity index (χ0) is 17.9. The lowest BCUT2D eigenvalue weighted by Crippen LogP contribution is -2.37. The second-order valence-electron chi connectivity index (χ2n) is 5.56. The summed E-state index contributed by atoms with van der Waals surface area (Å²) in [4.78, 5) is 12.3. The van der Waals surface area contributed by atoms with E-state index in [-0.39, 0.29) is 6.54 Å². The maximum atomic E-state index is 12.3. The van der Waals surface area contributed by atoms with E-state index >= 15 is 0 Å². The molecule has 2 aromatic rings. The van der Waals surface area contributed by atoms with Crippen molar-refractivity contribution in [1.82, 2.24) is 0 Å². The van der Waals surface area contributed by atoms with Gasteiger partial charge in [-0.15, -0.1) is 0 Å². The van der Waals surface area contributed by atoms with Crippen molar-refractivity contribution in [3.63, 3.8) is 0 Å². The lowest BCUT2D eigenvalue weighted by atomic mass is 10.2. The Morgan fingerprint density at radius 3 is 2.38 bits per heavy atom. The zero-order valence-corrected chi connectivity index (χ0v) is 15.3. The minimum absolute atomic E-state index is 0.300. The molecule has 0 heterocycles. The van der Waals surface area contributed by atoms with Crippen molar-refractivity contribution in [1.29, 1.82) is 0 Å². The molecule has 1 N–H and O–H groups in total. The first kappa shape index (κ1) is 18.3. The summed E-state index contributed by atoms with van der Waals surface area (Å²) >= 11 is 5.89. The van der Waals surface area contributed by atoms with Crippen molar-refractivity contribution in [2.75, 3.05) is 22.4 Å². The van der Waals surface area contributed by atoms with Crippen LogP contribution in [0.1, 0.15) is 11.1 Å². The van der Waals surface area contributed by atoms with Gasteiger partial charge in [0.25, 0.3) is 0 Å². The third kappa shape index (κ3) is 4.49. The van der Waals surface area contributed by atoms with Gasteiger partial charge >= 0.3 is 0 Å². The molecule has 1 amide bonds. The molecule has 0 aliphatic rings. The summed E-state index contributed by atoms with van der Waals surface area (Å²) in [6.07, 6.45) is 1.08. The van der Waals surface area contributed by atoms with E-state index in [0.29, 0.717) is 16.4 Å². The number of nitrogens with zero attached hydrogens (tertiary/aromatic N) is 1. The van der Waals surface area contributed by atoms with E-state index < -0.39 is 15.9 Å². The number of benzene rings is 2. The topological polar surface area (TPSA) is 66.5 Å². The van der Waals surface area contributed by atoms with Crippen LogP contribution < -0.4 is 9.62 Å². The molecule has 0 spiro atoms. The summed E-state index contributed by atoms with van der Waals surface area (Å²) in [5.74, 6) is -0.422. The predicted molar refractivity (Wildman–Crippen MR) is 98.2 cm³/mol. The smallest absolute Gasteiger partial charge is 0.245 e. The van der Waals surface area contributed by atoms with Gasteiger partial charge in [0.2, 0.25) is 15.9 Å². The molecular formula is C17H19ClN2O3S. The van der Waals surface area contributed by atoms with Crippen LogP contribution in [0.15, 0.2) is 42.5 Å². The molecule has 0 fully saturated rings. The maximum absolute atomic E-state index is 12.3. The van der Waals surface area contributed by atoms with Crippen LogP contribution >= 0.6 is 11.6 Å². The van der Waals surface area contributed by atoms with Gasteiger partial charge in [0.15, 0.2) is 0 Å². The molecule has 0 aliphatic heterocycles. The molecule has 128 valence electrons. The van der Waals surface area contributed by atoms with Crippen LogP contribution in [0, 0.1) is 13.8 Å². The number of hydrogen-bond donors (Lipinski definition) is 1. The van der Waals surface area contributed by atoms with Crippen LogP contribution in [0.25, 0.3) is 0 Å². The standard InChI is InChI=1S/C17H19ClN2O3S/c1-12-6-4-5-7-16(12)20(24(3,22)23)11-17(21)19-15-9-8-14(18)10-13(15)2/h4-10H,11H2,1-3H3,(H,19,21). The number of nitrogens with one attached hydrogen (secondary N) is 1. The highest BCUT2D eigenvalue weighted by atomic mass is 35.5. The van der Waals surface area contributed by atoms with Crippen molar-refractivity contribution in [2.45, 2.75) is 13.8 Å². The lowest BCUT2D eigenvalue weighted by molar-refractivity contribution is -0.114. The van der Waals surface area contributed by atoms with Gasteiger partial charge in [-0.25, -0.2) is 8.42 Å². The Hall–Kier alpha value is -2.05. The number of aryl methyl sites for hydroxylation is 2. The molecule has 0 atom stereocenters. The fourth-order valence-corrected chi connectivity index (χ4v) is 3.45. The van der Waals surface area contributed by atoms with E-state index in [9.17, 15) is 13.2 Å². The van der Waals surface area contributed by atoms with Gasteiger partial charge in [-0.2, -0.15) is 0 Å². The first-order valence-corrected chi connectivity index (χ1v) is 9.50. The van der Waals surface area contributed by atoms with Crippen molar-refractivity contribution in [3.05, 3.63) is 58.6 Å². The molecule has 0 saturated heterocycles. The molecule has 0 aromatic heterocycles. The first-order valence-electron chi connectivity index (χ1n) is 7.28. The summed E-state index contributed by atoms with van der Waals surface area (Å²) in [5.41, 5.74) is 2.67. The second kappa shape index (κ2) is 7.23. The third-order valence-electron chi connectivity index (χ3n) is 3.53. The molecule has 0 radical (unpaired) electrons. The summed E-state index contributed by atoms with van der Waals surface area (Å²) in [7, 11) is -3.59. The minimum atomic E-state index is -3.59. The highest BCUT2D eigenvalue weighted by Gasteiger charge is 2.22. The number of rotatable bonds is 5. The Kier molecular flexibility index (Phi) is 5.51. The second-order valence-corrected chi connectivity index (χ2v) is 7.91. The molecule has 0 aliphatic carbocycles. The molecule has 0 bridgehead atoms. The number of para-hydroxylation sites is 1. The van der Waals surface area contributed by atoms with Crippen LogP contribution in [0.4, 0.5) is 11.4 Å². The highest BCUT2D eigenvalue weighted by Crippen LogP contribution is 2.23. The number of hydrogen-bond acceptors (Lipinski definition) is 3. The van der Waals surface area contributed by atoms with Crippen LogP contribution in [-0.4, -0.2) is 27.1 Å². The Balaban J connectivity index is 2.24. The van der Waals surface area contributed by atoms with Gasteiger partial charge in [0.05, 0.1) is 11.9 Å². The fraction of sp³-hybridized carbons (Fsp3) is 0.235. The molecule has 5 nitrogen and oxygen atoms in total. The Bertz CT molecular complexity index is 866. The monoisotopic (exact) mass is 366 g/mol. The number of carbonyl (C=O) groups excluding carboxylic acids is 1. The van der Waals surface area contributed by atoms with E-state index in [4.69, 9.17) is 11.6 Å². The quantitative estimate of drug-likeness (QED) is 0.882. The molecule has 7 heteroatoms. The average molecular weight is 367 g/mol. The van der Waals surface area contributed by atoms with Crippen molar-refractivity contribution in [3.8, 4) is 0 Å². The molecule has 24 heavy (non-hydrogen) atoms. The Morgan fingerprint density at radius 1 is 1.12 bits per heavy atom. The normalized spacial score (nSPS) is 11.2. The van der Waals surface area contributed by atoms with Crippen molar-refractivity contribution < 1.29 is 13.2 Å². The summed E-state index contributed by atoms with van der Waals surface area (Å²) in [5, 5.41) is 3.30. The molecule has 0 saturated carbocycles. The lowest BCUT2D eigenvalue weighted by Gasteiger charge is -2.23.